The van der Waals surface area contributed by atoms with Crippen molar-refractivity contribution < 1.29 is 28.5 Å². The van der Waals surface area contributed by atoms with E-state index in [9.17, 15) is 9.59 Å². The molecule has 2 amide bonds. The molecular formula is C22H40N2O6S. The van der Waals surface area contributed by atoms with Crippen molar-refractivity contribution in [2.45, 2.75) is 69.2 Å². The van der Waals surface area contributed by atoms with E-state index in [2.05, 4.69) is 17.6 Å². The summed E-state index contributed by atoms with van der Waals surface area (Å²) < 4.78 is 21.7. The van der Waals surface area contributed by atoms with Crippen LogP contribution in [-0.4, -0.2) is 87.8 Å². The molecule has 0 radical (unpaired) electrons. The van der Waals surface area contributed by atoms with Gasteiger partial charge >= 0.3 is 6.03 Å². The van der Waals surface area contributed by atoms with Gasteiger partial charge in [-0.1, -0.05) is 13.3 Å². The largest absolute Gasteiger partial charge is 0.379 e. The Morgan fingerprint density at radius 2 is 1.48 bits per heavy atom. The van der Waals surface area contributed by atoms with Crippen LogP contribution < -0.4 is 10.6 Å². The van der Waals surface area contributed by atoms with Crippen LogP contribution in [-0.2, 0) is 23.7 Å². The summed E-state index contributed by atoms with van der Waals surface area (Å²) in [4.78, 5) is 23.4. The quantitative estimate of drug-likeness (QED) is 0.213. The Balaban J connectivity index is 1.30. The van der Waals surface area contributed by atoms with Gasteiger partial charge in [0.05, 0.1) is 51.7 Å². The van der Waals surface area contributed by atoms with Crippen molar-refractivity contribution in [1.82, 2.24) is 10.6 Å². The van der Waals surface area contributed by atoms with Crippen LogP contribution in [0.2, 0.25) is 0 Å². The lowest BCUT2D eigenvalue weighted by Crippen LogP contribution is -2.36. The molecule has 3 atom stereocenters. The first-order valence-electron chi connectivity index (χ1n) is 11.7. The summed E-state index contributed by atoms with van der Waals surface area (Å²) in [6, 6.07) is 0.493. The molecule has 0 saturated carbocycles. The Bertz CT molecular complexity index is 510. The van der Waals surface area contributed by atoms with Gasteiger partial charge in [0.25, 0.3) is 0 Å². The number of hydrogen-bond acceptors (Lipinski definition) is 7. The highest BCUT2D eigenvalue weighted by Gasteiger charge is 2.42. The fraction of sp³-hybridized carbons (Fsp3) is 0.909. The van der Waals surface area contributed by atoms with Crippen molar-refractivity contribution in [1.29, 1.82) is 0 Å². The molecular weight excluding hydrogens is 420 g/mol. The number of nitrogens with one attached hydrogen (secondary N) is 2. The number of hydrogen-bond donors (Lipinski definition) is 2. The molecule has 0 aliphatic carbocycles. The van der Waals surface area contributed by atoms with Crippen molar-refractivity contribution >= 4 is 23.6 Å². The molecule has 2 aliphatic heterocycles. The lowest BCUT2D eigenvalue weighted by molar-refractivity contribution is -0.119. The Morgan fingerprint density at radius 3 is 2.16 bits per heavy atom. The van der Waals surface area contributed by atoms with E-state index in [0.29, 0.717) is 70.1 Å². The molecule has 2 rings (SSSR count). The Labute approximate surface area is 190 Å². The average Bonchev–Trinajstić information content (AvgIpc) is 3.30. The number of thioether (sulfide) groups is 1. The summed E-state index contributed by atoms with van der Waals surface area (Å²) in [7, 11) is 0. The van der Waals surface area contributed by atoms with E-state index in [-0.39, 0.29) is 18.1 Å². The highest BCUT2D eigenvalue weighted by Crippen LogP contribution is 2.33. The van der Waals surface area contributed by atoms with E-state index in [1.807, 2.05) is 11.8 Å². The molecule has 8 nitrogen and oxygen atoms in total. The van der Waals surface area contributed by atoms with E-state index < -0.39 is 0 Å². The van der Waals surface area contributed by atoms with Crippen LogP contribution >= 0.6 is 11.8 Å². The first kappa shape index (κ1) is 26.4. The molecule has 2 fully saturated rings. The van der Waals surface area contributed by atoms with Gasteiger partial charge in [0.15, 0.2) is 0 Å². The second-order valence-electron chi connectivity index (χ2n) is 7.96. The van der Waals surface area contributed by atoms with Gasteiger partial charge in [0.2, 0.25) is 0 Å². The van der Waals surface area contributed by atoms with Crippen molar-refractivity contribution in [2.24, 2.45) is 0 Å². The van der Waals surface area contributed by atoms with Crippen molar-refractivity contribution in [3.05, 3.63) is 0 Å². The number of rotatable bonds is 20. The van der Waals surface area contributed by atoms with Gasteiger partial charge in [-0.3, -0.25) is 4.79 Å². The molecule has 9 heteroatoms. The maximum absolute atomic E-state index is 12.0. The van der Waals surface area contributed by atoms with Gasteiger partial charge in [-0.25, -0.2) is 4.79 Å². The highest BCUT2D eigenvalue weighted by molar-refractivity contribution is 8.00. The maximum Gasteiger partial charge on any atom is 0.315 e. The Hall–Kier alpha value is -0.870. The number of fused-ring (bicyclic) bond motifs is 1. The molecule has 0 bridgehead atoms. The van der Waals surface area contributed by atoms with Crippen LogP contribution in [0.3, 0.4) is 0 Å². The van der Waals surface area contributed by atoms with E-state index in [0.717, 1.165) is 44.5 Å². The molecule has 180 valence electrons. The second kappa shape index (κ2) is 16.7. The molecule has 2 heterocycles. The van der Waals surface area contributed by atoms with E-state index >= 15 is 0 Å². The first-order valence-corrected chi connectivity index (χ1v) is 12.8. The van der Waals surface area contributed by atoms with Crippen LogP contribution in [0.4, 0.5) is 4.79 Å². The fourth-order valence-corrected chi connectivity index (χ4v) is 5.26. The van der Waals surface area contributed by atoms with Crippen molar-refractivity contribution in [2.75, 3.05) is 58.6 Å². The minimum Gasteiger partial charge on any atom is -0.379 e. The third-order valence-electron chi connectivity index (χ3n) is 5.34. The molecule has 31 heavy (non-hydrogen) atoms. The van der Waals surface area contributed by atoms with Crippen LogP contribution in [0.15, 0.2) is 0 Å². The zero-order chi connectivity index (χ0) is 22.2. The minimum atomic E-state index is -0.0398. The molecule has 2 aliphatic rings. The third-order valence-corrected chi connectivity index (χ3v) is 6.85. The maximum atomic E-state index is 12.0. The molecule has 2 saturated heterocycles. The lowest BCUT2D eigenvalue weighted by Gasteiger charge is -2.16. The highest BCUT2D eigenvalue weighted by atomic mass is 32.2. The monoisotopic (exact) mass is 460 g/mol. The molecule has 0 aromatic carbocycles. The fourth-order valence-electron chi connectivity index (χ4n) is 3.71. The smallest absolute Gasteiger partial charge is 0.315 e. The number of ketones is 1. The first-order chi connectivity index (χ1) is 15.2. The number of carbonyl (C=O) groups excluding carboxylic acids is 2. The molecule has 2 N–H and O–H groups in total. The summed E-state index contributed by atoms with van der Waals surface area (Å²) >= 11 is 1.93. The van der Waals surface area contributed by atoms with Gasteiger partial charge in [0.1, 0.15) is 5.78 Å². The van der Waals surface area contributed by atoms with Gasteiger partial charge in [-0.05, 0) is 25.7 Å². The van der Waals surface area contributed by atoms with Gasteiger partial charge in [-0.2, -0.15) is 11.8 Å². The number of amides is 2. The number of unbranched alkanes of at least 4 members (excludes halogenated alkanes) is 1. The number of urea groups is 1. The van der Waals surface area contributed by atoms with Gasteiger partial charge in [-0.15, -0.1) is 0 Å². The van der Waals surface area contributed by atoms with Crippen LogP contribution in [0.1, 0.15) is 51.9 Å². The molecule has 0 spiro atoms. The molecule has 0 aromatic rings. The zero-order valence-corrected chi connectivity index (χ0v) is 19.7. The zero-order valence-electron chi connectivity index (χ0n) is 18.9. The number of carbonyl (C=O) groups is 2. The molecule has 3 unspecified atom stereocenters. The van der Waals surface area contributed by atoms with Crippen LogP contribution in [0, 0.1) is 0 Å². The standard InChI is InChI=1S/C22H40N2O6S/c1-2-9-27-11-13-29-15-16-30-14-12-28-10-5-7-18(25)6-3-4-8-20-21-19(17-31-20)23-22(26)24-21/h19-21H,2-17H2,1H3,(H2,23,24,26). The summed E-state index contributed by atoms with van der Waals surface area (Å²) in [5.41, 5.74) is 0. The SMILES string of the molecule is CCCOCCOCCOCCOCCCC(=O)CCCCC1SCC2NC(=O)NC21. The summed E-state index contributed by atoms with van der Waals surface area (Å²) in [5, 5.41) is 6.45. The second-order valence-corrected chi connectivity index (χ2v) is 9.23. The van der Waals surface area contributed by atoms with E-state index in [1.165, 1.54) is 0 Å². The number of ether oxygens (including phenoxy) is 4. The van der Waals surface area contributed by atoms with Crippen LogP contribution in [0.25, 0.3) is 0 Å². The minimum absolute atomic E-state index is 0.0398. The predicted molar refractivity (Wildman–Crippen MR) is 122 cm³/mol. The topological polar surface area (TPSA) is 95.1 Å². The predicted octanol–water partition coefficient (Wildman–Crippen LogP) is 2.54. The van der Waals surface area contributed by atoms with Crippen molar-refractivity contribution in [3.8, 4) is 0 Å². The third kappa shape index (κ3) is 11.5. The summed E-state index contributed by atoms with van der Waals surface area (Å²) in [5.74, 6) is 1.30. The summed E-state index contributed by atoms with van der Waals surface area (Å²) in [6.45, 7) is 6.89. The van der Waals surface area contributed by atoms with E-state index in [1.54, 1.807) is 0 Å². The Kier molecular flexibility index (Phi) is 14.2. The van der Waals surface area contributed by atoms with Crippen molar-refractivity contribution in [3.63, 3.8) is 0 Å². The average molecular weight is 461 g/mol. The summed E-state index contributed by atoms with van der Waals surface area (Å²) in [6.07, 6.45) is 6.03. The Morgan fingerprint density at radius 1 is 0.871 bits per heavy atom. The van der Waals surface area contributed by atoms with Gasteiger partial charge < -0.3 is 29.6 Å². The van der Waals surface area contributed by atoms with Crippen LogP contribution in [0.5, 0.6) is 0 Å². The van der Waals surface area contributed by atoms with E-state index in [4.69, 9.17) is 18.9 Å². The molecule has 0 aromatic heterocycles. The van der Waals surface area contributed by atoms with Gasteiger partial charge in [0, 0.05) is 37.1 Å². The normalized spacial score (nSPS) is 22.4. The lowest BCUT2D eigenvalue weighted by atomic mass is 10.0. The number of Topliss-reactive ketones (excluding diaryl/α,β-unsaturated/α-hetero) is 1.